The van der Waals surface area contributed by atoms with Gasteiger partial charge in [-0.2, -0.15) is 0 Å². The minimum atomic E-state index is 0.366. The van der Waals surface area contributed by atoms with Crippen LogP contribution in [0.2, 0.25) is 0 Å². The molecule has 0 atom stereocenters. The SMILES string of the molecule is Nc1cc(NCc2ccccc2)cnc1N. The Bertz CT molecular complexity index is 468. The normalized spacial score (nSPS) is 10.0. The smallest absolute Gasteiger partial charge is 0.146 e. The Morgan fingerprint density at radius 1 is 1.12 bits per heavy atom. The molecule has 0 aliphatic carbocycles. The van der Waals surface area contributed by atoms with Crippen LogP contribution in [0.1, 0.15) is 5.56 Å². The highest BCUT2D eigenvalue weighted by Crippen LogP contribution is 2.16. The van der Waals surface area contributed by atoms with Gasteiger partial charge in [-0.25, -0.2) is 4.98 Å². The van der Waals surface area contributed by atoms with E-state index in [9.17, 15) is 0 Å². The zero-order chi connectivity index (χ0) is 11.4. The van der Waals surface area contributed by atoms with E-state index in [0.717, 1.165) is 12.2 Å². The molecule has 0 saturated heterocycles. The van der Waals surface area contributed by atoms with Gasteiger partial charge in [-0.1, -0.05) is 30.3 Å². The molecule has 0 bridgehead atoms. The van der Waals surface area contributed by atoms with Crippen molar-refractivity contribution in [2.75, 3.05) is 16.8 Å². The standard InChI is InChI=1S/C12H14N4/c13-11-6-10(8-16-12(11)14)15-7-9-4-2-1-3-5-9/h1-6,8,15H,7,13H2,(H2,14,16). The second kappa shape index (κ2) is 4.53. The quantitative estimate of drug-likeness (QED) is 0.728. The van der Waals surface area contributed by atoms with Crippen LogP contribution >= 0.6 is 0 Å². The maximum Gasteiger partial charge on any atom is 0.146 e. The second-order valence-electron chi connectivity index (χ2n) is 3.54. The molecular formula is C12H14N4. The molecule has 0 aliphatic heterocycles. The molecule has 0 saturated carbocycles. The lowest BCUT2D eigenvalue weighted by molar-refractivity contribution is 1.14. The summed E-state index contributed by atoms with van der Waals surface area (Å²) in [6.45, 7) is 0.742. The summed E-state index contributed by atoms with van der Waals surface area (Å²) in [6, 6.07) is 11.9. The number of benzene rings is 1. The Kier molecular flexibility index (Phi) is 2.91. The molecule has 0 amide bonds. The zero-order valence-corrected chi connectivity index (χ0v) is 8.85. The van der Waals surface area contributed by atoms with Crippen LogP contribution in [0.25, 0.3) is 0 Å². The molecule has 0 aliphatic rings. The van der Waals surface area contributed by atoms with Crippen molar-refractivity contribution in [3.05, 3.63) is 48.2 Å². The number of anilines is 3. The van der Waals surface area contributed by atoms with Crippen molar-refractivity contribution < 1.29 is 0 Å². The number of rotatable bonds is 3. The van der Waals surface area contributed by atoms with Crippen molar-refractivity contribution in [1.29, 1.82) is 0 Å². The molecule has 16 heavy (non-hydrogen) atoms. The lowest BCUT2D eigenvalue weighted by Crippen LogP contribution is -2.03. The maximum atomic E-state index is 5.66. The molecule has 1 aromatic carbocycles. The van der Waals surface area contributed by atoms with Crippen LogP contribution in [0.3, 0.4) is 0 Å². The first-order chi connectivity index (χ1) is 7.75. The molecule has 82 valence electrons. The van der Waals surface area contributed by atoms with Gasteiger partial charge in [0.25, 0.3) is 0 Å². The first-order valence-corrected chi connectivity index (χ1v) is 5.04. The van der Waals surface area contributed by atoms with Crippen molar-refractivity contribution in [2.24, 2.45) is 0 Å². The molecule has 1 aromatic heterocycles. The number of nitrogen functional groups attached to an aromatic ring is 2. The lowest BCUT2D eigenvalue weighted by atomic mass is 10.2. The van der Waals surface area contributed by atoms with E-state index in [1.54, 1.807) is 12.3 Å². The van der Waals surface area contributed by atoms with Crippen LogP contribution < -0.4 is 16.8 Å². The van der Waals surface area contributed by atoms with Gasteiger partial charge < -0.3 is 16.8 Å². The minimum absolute atomic E-state index is 0.366. The van der Waals surface area contributed by atoms with Crippen LogP contribution in [0.15, 0.2) is 42.6 Å². The molecule has 0 fully saturated rings. The highest BCUT2D eigenvalue weighted by atomic mass is 14.9. The van der Waals surface area contributed by atoms with E-state index in [2.05, 4.69) is 22.4 Å². The minimum Gasteiger partial charge on any atom is -0.396 e. The Labute approximate surface area is 94.3 Å². The number of nitrogens with two attached hydrogens (primary N) is 2. The number of hydrogen-bond acceptors (Lipinski definition) is 4. The number of hydrogen-bond donors (Lipinski definition) is 3. The molecule has 4 nitrogen and oxygen atoms in total. The summed E-state index contributed by atoms with van der Waals surface area (Å²) in [7, 11) is 0. The van der Waals surface area contributed by atoms with Crippen LogP contribution in [-0.4, -0.2) is 4.98 Å². The topological polar surface area (TPSA) is 77.0 Å². The fourth-order valence-corrected chi connectivity index (χ4v) is 1.39. The molecule has 0 spiro atoms. The number of pyridine rings is 1. The Balaban J connectivity index is 2.03. The van der Waals surface area contributed by atoms with Crippen molar-refractivity contribution in [1.82, 2.24) is 4.98 Å². The molecule has 0 radical (unpaired) electrons. The van der Waals surface area contributed by atoms with Crippen molar-refractivity contribution in [3.63, 3.8) is 0 Å². The third-order valence-electron chi connectivity index (χ3n) is 2.29. The number of aromatic nitrogens is 1. The molecule has 0 unspecified atom stereocenters. The van der Waals surface area contributed by atoms with Gasteiger partial charge in [0.15, 0.2) is 0 Å². The molecule has 5 N–H and O–H groups in total. The van der Waals surface area contributed by atoms with Gasteiger partial charge in [0.2, 0.25) is 0 Å². The fourth-order valence-electron chi connectivity index (χ4n) is 1.39. The predicted octanol–water partition coefficient (Wildman–Crippen LogP) is 1.86. The average molecular weight is 214 g/mol. The maximum absolute atomic E-state index is 5.66. The van der Waals surface area contributed by atoms with Gasteiger partial charge in [-0.3, -0.25) is 0 Å². The van der Waals surface area contributed by atoms with Crippen molar-refractivity contribution in [2.45, 2.75) is 6.54 Å². The zero-order valence-electron chi connectivity index (χ0n) is 8.85. The highest BCUT2D eigenvalue weighted by molar-refractivity contribution is 5.64. The lowest BCUT2D eigenvalue weighted by Gasteiger charge is -2.07. The summed E-state index contributed by atoms with van der Waals surface area (Å²) in [5.74, 6) is 0.366. The van der Waals surface area contributed by atoms with E-state index in [4.69, 9.17) is 11.5 Å². The van der Waals surface area contributed by atoms with E-state index in [0.29, 0.717) is 11.5 Å². The Hall–Kier alpha value is -2.23. The van der Waals surface area contributed by atoms with Gasteiger partial charge in [0.1, 0.15) is 5.82 Å². The molecule has 4 heteroatoms. The van der Waals surface area contributed by atoms with E-state index in [-0.39, 0.29) is 0 Å². The number of nitrogens with zero attached hydrogens (tertiary/aromatic N) is 1. The third-order valence-corrected chi connectivity index (χ3v) is 2.29. The van der Waals surface area contributed by atoms with Crippen molar-refractivity contribution >= 4 is 17.2 Å². The largest absolute Gasteiger partial charge is 0.396 e. The summed E-state index contributed by atoms with van der Waals surface area (Å²) >= 11 is 0. The van der Waals surface area contributed by atoms with Gasteiger partial charge >= 0.3 is 0 Å². The highest BCUT2D eigenvalue weighted by Gasteiger charge is 1.98. The first-order valence-electron chi connectivity index (χ1n) is 5.04. The molecule has 2 rings (SSSR count). The van der Waals surface area contributed by atoms with E-state index in [1.165, 1.54) is 5.56 Å². The van der Waals surface area contributed by atoms with E-state index >= 15 is 0 Å². The monoisotopic (exact) mass is 214 g/mol. The van der Waals surface area contributed by atoms with Gasteiger partial charge in [0, 0.05) is 6.54 Å². The molecule has 2 aromatic rings. The molecule has 1 heterocycles. The van der Waals surface area contributed by atoms with E-state index < -0.39 is 0 Å². The fraction of sp³-hybridized carbons (Fsp3) is 0.0833. The van der Waals surface area contributed by atoms with Crippen LogP contribution in [-0.2, 0) is 6.54 Å². The van der Waals surface area contributed by atoms with Gasteiger partial charge in [0.05, 0.1) is 17.6 Å². The second-order valence-corrected chi connectivity index (χ2v) is 3.54. The van der Waals surface area contributed by atoms with E-state index in [1.807, 2.05) is 18.2 Å². The Morgan fingerprint density at radius 3 is 2.56 bits per heavy atom. The van der Waals surface area contributed by atoms with Crippen LogP contribution in [0, 0.1) is 0 Å². The first kappa shape index (κ1) is 10.3. The average Bonchev–Trinajstić information content (AvgIpc) is 2.32. The summed E-state index contributed by atoms with van der Waals surface area (Å²) in [5.41, 5.74) is 13.8. The summed E-state index contributed by atoms with van der Waals surface area (Å²) < 4.78 is 0. The summed E-state index contributed by atoms with van der Waals surface area (Å²) in [5, 5.41) is 3.23. The Morgan fingerprint density at radius 2 is 1.88 bits per heavy atom. The summed E-state index contributed by atoms with van der Waals surface area (Å²) in [4.78, 5) is 3.98. The molecular weight excluding hydrogens is 200 g/mol. The summed E-state index contributed by atoms with van der Waals surface area (Å²) in [6.07, 6.45) is 1.68. The van der Waals surface area contributed by atoms with Gasteiger partial charge in [-0.05, 0) is 11.6 Å². The number of nitrogens with one attached hydrogen (secondary N) is 1. The van der Waals surface area contributed by atoms with Crippen molar-refractivity contribution in [3.8, 4) is 0 Å². The van der Waals surface area contributed by atoms with Crippen LogP contribution in [0.4, 0.5) is 17.2 Å². The van der Waals surface area contributed by atoms with Crippen LogP contribution in [0.5, 0.6) is 0 Å². The predicted molar refractivity (Wildman–Crippen MR) is 66.8 cm³/mol. The third kappa shape index (κ3) is 2.42. The van der Waals surface area contributed by atoms with Gasteiger partial charge in [-0.15, -0.1) is 0 Å².